The molecule has 98 valence electrons. The lowest BCUT2D eigenvalue weighted by Gasteiger charge is -2.13. The van der Waals surface area contributed by atoms with Crippen LogP contribution < -0.4 is 5.32 Å². The number of ether oxygens (including phenoxy) is 1. The van der Waals surface area contributed by atoms with E-state index in [1.165, 1.54) is 19.2 Å². The van der Waals surface area contributed by atoms with Gasteiger partial charge in [-0.2, -0.15) is 0 Å². The van der Waals surface area contributed by atoms with Gasteiger partial charge in [-0.15, -0.1) is 0 Å². The second kappa shape index (κ2) is 6.70. The van der Waals surface area contributed by atoms with E-state index in [0.717, 1.165) is 0 Å². The van der Waals surface area contributed by atoms with Crippen LogP contribution >= 0.6 is 27.5 Å². The number of pyridine rings is 1. The molecule has 1 aromatic heterocycles. The molecule has 1 N–H and O–H groups in total. The third kappa shape index (κ3) is 3.96. The fraction of sp³-hybridized carbons (Fsp3) is 0.364. The zero-order valence-electron chi connectivity index (χ0n) is 9.87. The Morgan fingerprint density at radius 1 is 1.61 bits per heavy atom. The monoisotopic (exact) mass is 334 g/mol. The van der Waals surface area contributed by atoms with Crippen molar-refractivity contribution in [3.63, 3.8) is 0 Å². The highest BCUT2D eigenvalue weighted by Gasteiger charge is 2.19. The summed E-state index contributed by atoms with van der Waals surface area (Å²) in [6, 6.07) is 0.787. The van der Waals surface area contributed by atoms with Gasteiger partial charge in [-0.3, -0.25) is 4.79 Å². The van der Waals surface area contributed by atoms with Crippen LogP contribution in [0, 0.1) is 0 Å². The van der Waals surface area contributed by atoms with Crippen LogP contribution in [0.4, 0.5) is 0 Å². The molecule has 0 radical (unpaired) electrons. The maximum Gasteiger partial charge on any atom is 0.328 e. The summed E-state index contributed by atoms with van der Waals surface area (Å²) in [5.41, 5.74) is 0.196. The van der Waals surface area contributed by atoms with Crippen molar-refractivity contribution in [1.29, 1.82) is 0 Å². The largest absolute Gasteiger partial charge is 0.464 e. The summed E-state index contributed by atoms with van der Waals surface area (Å²) < 4.78 is 5.41. The fourth-order valence-corrected chi connectivity index (χ4v) is 1.70. The molecule has 0 bridgehead atoms. The molecular weight excluding hydrogens is 323 g/mol. The number of aromatic nitrogens is 1. The van der Waals surface area contributed by atoms with Crippen molar-refractivity contribution in [2.75, 3.05) is 6.61 Å². The van der Waals surface area contributed by atoms with E-state index in [-0.39, 0.29) is 17.3 Å². The number of nitrogens with zero attached hydrogens (tertiary/aromatic N) is 1. The first-order chi connectivity index (χ1) is 8.45. The molecule has 7 heteroatoms. The van der Waals surface area contributed by atoms with E-state index in [0.29, 0.717) is 4.47 Å². The highest BCUT2D eigenvalue weighted by Crippen LogP contribution is 2.17. The lowest BCUT2D eigenvalue weighted by atomic mass is 10.2. The lowest BCUT2D eigenvalue weighted by molar-refractivity contribution is -0.144. The SMILES string of the molecule is CCOC(=O)C(C)NC(=O)c1cc(Br)cnc1Cl. The normalized spacial score (nSPS) is 11.8. The van der Waals surface area contributed by atoms with Gasteiger partial charge in [-0.25, -0.2) is 9.78 Å². The van der Waals surface area contributed by atoms with E-state index in [9.17, 15) is 9.59 Å². The van der Waals surface area contributed by atoms with Crippen LogP contribution in [-0.4, -0.2) is 29.5 Å². The number of hydrogen-bond acceptors (Lipinski definition) is 4. The summed E-state index contributed by atoms with van der Waals surface area (Å²) in [6.45, 7) is 3.50. The van der Waals surface area contributed by atoms with Gasteiger partial charge < -0.3 is 10.1 Å². The van der Waals surface area contributed by atoms with E-state index in [1.807, 2.05) is 0 Å². The molecule has 0 fully saturated rings. The summed E-state index contributed by atoms with van der Waals surface area (Å²) in [5.74, 6) is -0.973. The van der Waals surface area contributed by atoms with E-state index < -0.39 is 17.9 Å². The van der Waals surface area contributed by atoms with Crippen LogP contribution in [0.1, 0.15) is 24.2 Å². The minimum Gasteiger partial charge on any atom is -0.464 e. The van der Waals surface area contributed by atoms with Gasteiger partial charge in [-0.05, 0) is 35.8 Å². The molecular formula is C11H12BrClN2O3. The van der Waals surface area contributed by atoms with Gasteiger partial charge in [0.1, 0.15) is 11.2 Å². The Morgan fingerprint density at radius 3 is 2.89 bits per heavy atom. The Bertz CT molecular complexity index is 468. The molecule has 0 aliphatic heterocycles. The topological polar surface area (TPSA) is 68.3 Å². The molecule has 0 aromatic carbocycles. The Morgan fingerprint density at radius 2 is 2.28 bits per heavy atom. The summed E-state index contributed by atoms with van der Waals surface area (Å²) >= 11 is 9.00. The highest BCUT2D eigenvalue weighted by molar-refractivity contribution is 9.10. The van der Waals surface area contributed by atoms with Crippen LogP contribution in [-0.2, 0) is 9.53 Å². The number of hydrogen-bond donors (Lipinski definition) is 1. The van der Waals surface area contributed by atoms with E-state index >= 15 is 0 Å². The Kier molecular flexibility index (Phi) is 5.55. The summed E-state index contributed by atoms with van der Waals surface area (Å²) in [6.07, 6.45) is 1.48. The van der Waals surface area contributed by atoms with Gasteiger partial charge in [0, 0.05) is 10.7 Å². The maximum atomic E-state index is 11.9. The molecule has 0 aliphatic rings. The molecule has 0 spiro atoms. The molecule has 5 nitrogen and oxygen atoms in total. The molecule has 0 aliphatic carbocycles. The van der Waals surface area contributed by atoms with Gasteiger partial charge >= 0.3 is 5.97 Å². The Hall–Kier alpha value is -1.14. The first kappa shape index (κ1) is 14.9. The number of nitrogens with one attached hydrogen (secondary N) is 1. The second-order valence-corrected chi connectivity index (χ2v) is 4.71. The minimum absolute atomic E-state index is 0.0757. The zero-order valence-corrected chi connectivity index (χ0v) is 12.2. The van der Waals surface area contributed by atoms with Crippen molar-refractivity contribution in [2.24, 2.45) is 0 Å². The molecule has 0 saturated heterocycles. The maximum absolute atomic E-state index is 11.9. The standard InChI is InChI=1S/C11H12BrClN2O3/c1-3-18-11(17)6(2)15-10(16)8-4-7(12)5-14-9(8)13/h4-6H,3H2,1-2H3,(H,15,16). The van der Waals surface area contributed by atoms with E-state index in [2.05, 4.69) is 26.2 Å². The lowest BCUT2D eigenvalue weighted by Crippen LogP contribution is -2.39. The van der Waals surface area contributed by atoms with Crippen LogP contribution in [0.15, 0.2) is 16.7 Å². The first-order valence-electron chi connectivity index (χ1n) is 5.24. The van der Waals surface area contributed by atoms with Gasteiger partial charge in [-0.1, -0.05) is 11.6 Å². The van der Waals surface area contributed by atoms with Crippen molar-refractivity contribution < 1.29 is 14.3 Å². The predicted octanol–water partition coefficient (Wildman–Crippen LogP) is 2.18. The van der Waals surface area contributed by atoms with Crippen LogP contribution in [0.2, 0.25) is 5.15 Å². The van der Waals surface area contributed by atoms with Crippen LogP contribution in [0.25, 0.3) is 0 Å². The average Bonchev–Trinajstić information content (AvgIpc) is 2.32. The third-order valence-corrected chi connectivity index (χ3v) is 2.77. The minimum atomic E-state index is -0.743. The van der Waals surface area contributed by atoms with Crippen LogP contribution in [0.3, 0.4) is 0 Å². The number of rotatable bonds is 4. The van der Waals surface area contributed by atoms with E-state index in [4.69, 9.17) is 16.3 Å². The third-order valence-electron chi connectivity index (χ3n) is 2.04. The summed E-state index contributed by atoms with van der Waals surface area (Å²) in [5, 5.41) is 2.57. The van der Waals surface area contributed by atoms with Crippen molar-refractivity contribution in [2.45, 2.75) is 19.9 Å². The van der Waals surface area contributed by atoms with E-state index in [1.54, 1.807) is 6.92 Å². The number of halogens is 2. The molecule has 1 atom stereocenters. The Labute approximate surface area is 118 Å². The number of carbonyl (C=O) groups is 2. The molecule has 0 saturated carbocycles. The highest BCUT2D eigenvalue weighted by atomic mass is 79.9. The smallest absolute Gasteiger partial charge is 0.328 e. The second-order valence-electron chi connectivity index (χ2n) is 3.44. The van der Waals surface area contributed by atoms with Gasteiger partial charge in [0.05, 0.1) is 12.2 Å². The van der Waals surface area contributed by atoms with Crippen LogP contribution in [0.5, 0.6) is 0 Å². The quantitative estimate of drug-likeness (QED) is 0.676. The summed E-state index contributed by atoms with van der Waals surface area (Å²) in [4.78, 5) is 27.1. The van der Waals surface area contributed by atoms with Crippen molar-refractivity contribution in [3.8, 4) is 0 Å². The van der Waals surface area contributed by atoms with Gasteiger partial charge in [0.15, 0.2) is 0 Å². The summed E-state index contributed by atoms with van der Waals surface area (Å²) in [7, 11) is 0. The molecule has 1 aromatic rings. The first-order valence-corrected chi connectivity index (χ1v) is 6.41. The number of amides is 1. The molecule has 1 heterocycles. The van der Waals surface area contributed by atoms with Crippen molar-refractivity contribution in [1.82, 2.24) is 10.3 Å². The number of esters is 1. The average molecular weight is 336 g/mol. The fourth-order valence-electron chi connectivity index (χ4n) is 1.18. The zero-order chi connectivity index (χ0) is 13.7. The van der Waals surface area contributed by atoms with Crippen molar-refractivity contribution in [3.05, 3.63) is 27.5 Å². The number of carbonyl (C=O) groups excluding carboxylic acids is 2. The van der Waals surface area contributed by atoms with Crippen molar-refractivity contribution >= 4 is 39.4 Å². The predicted molar refractivity (Wildman–Crippen MR) is 70.5 cm³/mol. The van der Waals surface area contributed by atoms with Gasteiger partial charge in [0.25, 0.3) is 5.91 Å². The van der Waals surface area contributed by atoms with Gasteiger partial charge in [0.2, 0.25) is 0 Å². The Balaban J connectivity index is 2.76. The molecule has 1 unspecified atom stereocenters. The molecule has 1 amide bonds. The molecule has 18 heavy (non-hydrogen) atoms. The molecule has 1 rings (SSSR count).